The Kier molecular flexibility index (Phi) is 3.62. The Morgan fingerprint density at radius 2 is 2.22 bits per heavy atom. The van der Waals surface area contributed by atoms with Gasteiger partial charge in [0.1, 0.15) is 5.56 Å². The summed E-state index contributed by atoms with van der Waals surface area (Å²) < 4.78 is 0. The first kappa shape index (κ1) is 12.6. The fraction of sp³-hybridized carbons (Fsp3) is 0.231. The smallest absolute Gasteiger partial charge is 0.257 e. The van der Waals surface area contributed by atoms with Gasteiger partial charge in [0.05, 0.1) is 6.54 Å². The van der Waals surface area contributed by atoms with Gasteiger partial charge < -0.3 is 10.3 Å². The van der Waals surface area contributed by atoms with E-state index >= 15 is 0 Å². The third kappa shape index (κ3) is 2.68. The fourth-order valence-electron chi connectivity index (χ4n) is 1.59. The molecule has 0 fully saturated rings. The van der Waals surface area contributed by atoms with Gasteiger partial charge in [-0.1, -0.05) is 0 Å². The van der Waals surface area contributed by atoms with E-state index in [2.05, 4.69) is 10.3 Å². The van der Waals surface area contributed by atoms with Crippen molar-refractivity contribution >= 4 is 17.2 Å². The van der Waals surface area contributed by atoms with Crippen LogP contribution in [0.1, 0.15) is 26.5 Å². The fourth-order valence-corrected chi connectivity index (χ4v) is 2.44. The van der Waals surface area contributed by atoms with Crippen LogP contribution in [0.25, 0.3) is 0 Å². The first-order valence-corrected chi connectivity index (χ1v) is 6.46. The molecule has 5 heteroatoms. The van der Waals surface area contributed by atoms with Crippen LogP contribution in [0.2, 0.25) is 0 Å². The maximum atomic E-state index is 11.9. The molecule has 4 nitrogen and oxygen atoms in total. The quantitative estimate of drug-likeness (QED) is 0.888. The van der Waals surface area contributed by atoms with E-state index in [1.54, 1.807) is 18.3 Å². The van der Waals surface area contributed by atoms with Crippen molar-refractivity contribution < 1.29 is 4.79 Å². The van der Waals surface area contributed by atoms with Crippen molar-refractivity contribution in [3.8, 4) is 0 Å². The molecule has 18 heavy (non-hydrogen) atoms. The van der Waals surface area contributed by atoms with E-state index in [1.165, 1.54) is 12.3 Å². The summed E-state index contributed by atoms with van der Waals surface area (Å²) in [6.07, 6.45) is 1.45. The second kappa shape index (κ2) is 5.18. The first-order chi connectivity index (χ1) is 8.58. The average Bonchev–Trinajstić information content (AvgIpc) is 2.72. The summed E-state index contributed by atoms with van der Waals surface area (Å²) in [5.74, 6) is -0.343. The minimum atomic E-state index is -0.343. The summed E-state index contributed by atoms with van der Waals surface area (Å²) >= 11 is 1.59. The lowest BCUT2D eigenvalue weighted by molar-refractivity contribution is 0.0950. The highest BCUT2D eigenvalue weighted by atomic mass is 32.1. The number of nitrogens with one attached hydrogen (secondary N) is 2. The van der Waals surface area contributed by atoms with Crippen LogP contribution in [-0.2, 0) is 6.54 Å². The van der Waals surface area contributed by atoms with Crippen LogP contribution < -0.4 is 10.7 Å². The third-order valence-electron chi connectivity index (χ3n) is 2.68. The van der Waals surface area contributed by atoms with Crippen LogP contribution in [0.4, 0.5) is 0 Å². The molecule has 0 bridgehead atoms. The molecule has 0 aromatic carbocycles. The lowest BCUT2D eigenvalue weighted by Gasteiger charge is -2.04. The molecule has 0 unspecified atom stereocenters. The number of aryl methyl sites for hydroxylation is 2. The number of aromatic amines is 1. The zero-order chi connectivity index (χ0) is 13.1. The Morgan fingerprint density at radius 1 is 1.44 bits per heavy atom. The van der Waals surface area contributed by atoms with E-state index in [9.17, 15) is 9.59 Å². The lowest BCUT2D eigenvalue weighted by Crippen LogP contribution is -2.28. The Hall–Kier alpha value is -1.88. The van der Waals surface area contributed by atoms with E-state index < -0.39 is 0 Å². The molecule has 2 rings (SSSR count). The number of rotatable bonds is 3. The first-order valence-electron chi connectivity index (χ1n) is 5.58. The van der Waals surface area contributed by atoms with Gasteiger partial charge in [-0.2, -0.15) is 0 Å². The van der Waals surface area contributed by atoms with E-state index in [-0.39, 0.29) is 16.9 Å². The molecule has 0 aliphatic carbocycles. The van der Waals surface area contributed by atoms with Gasteiger partial charge in [-0.3, -0.25) is 9.59 Å². The molecule has 0 radical (unpaired) electrons. The van der Waals surface area contributed by atoms with Crippen LogP contribution in [0.5, 0.6) is 0 Å². The average molecular weight is 262 g/mol. The molecule has 94 valence electrons. The summed E-state index contributed by atoms with van der Waals surface area (Å²) in [5.41, 5.74) is 1.78. The summed E-state index contributed by atoms with van der Waals surface area (Å²) in [5, 5.41) is 4.74. The van der Waals surface area contributed by atoms with E-state index in [0.717, 1.165) is 16.1 Å². The highest BCUT2D eigenvalue weighted by molar-refractivity contribution is 7.10. The molecular weight excluding hydrogens is 248 g/mol. The number of H-pyrrole nitrogens is 1. The normalized spacial score (nSPS) is 10.3. The van der Waals surface area contributed by atoms with Crippen molar-refractivity contribution in [3.63, 3.8) is 0 Å². The van der Waals surface area contributed by atoms with Crippen molar-refractivity contribution in [2.45, 2.75) is 20.4 Å². The number of hydrogen-bond donors (Lipinski definition) is 2. The van der Waals surface area contributed by atoms with Crippen molar-refractivity contribution in [1.82, 2.24) is 10.3 Å². The van der Waals surface area contributed by atoms with Crippen molar-refractivity contribution in [2.75, 3.05) is 0 Å². The maximum Gasteiger partial charge on any atom is 0.257 e. The summed E-state index contributed by atoms with van der Waals surface area (Å²) in [6, 6.07) is 3.43. The number of hydrogen-bond acceptors (Lipinski definition) is 3. The van der Waals surface area contributed by atoms with E-state index in [1.807, 2.05) is 18.4 Å². The standard InChI is InChI=1S/C13H14N2O2S/c1-8-3-4-18-12(8)7-15-13(17)10-6-14-9(2)5-11(10)16/h3-6H,7H2,1-2H3,(H,14,16)(H,15,17). The zero-order valence-corrected chi connectivity index (χ0v) is 11.1. The van der Waals surface area contributed by atoms with Crippen LogP contribution in [-0.4, -0.2) is 10.9 Å². The molecule has 2 heterocycles. The monoisotopic (exact) mass is 262 g/mol. The van der Waals surface area contributed by atoms with Crippen LogP contribution >= 0.6 is 11.3 Å². The highest BCUT2D eigenvalue weighted by Crippen LogP contribution is 2.14. The van der Waals surface area contributed by atoms with Gasteiger partial charge in [0.15, 0.2) is 5.43 Å². The van der Waals surface area contributed by atoms with Gasteiger partial charge >= 0.3 is 0 Å². The molecule has 0 spiro atoms. The topological polar surface area (TPSA) is 62.0 Å². The molecule has 2 aromatic heterocycles. The Bertz CT molecular complexity index is 628. The molecule has 2 N–H and O–H groups in total. The molecule has 1 amide bonds. The van der Waals surface area contributed by atoms with Gasteiger partial charge in [0, 0.05) is 22.8 Å². The number of pyridine rings is 1. The predicted octanol–water partition coefficient (Wildman–Crippen LogP) is 1.98. The van der Waals surface area contributed by atoms with E-state index in [4.69, 9.17) is 0 Å². The second-order valence-corrected chi connectivity index (χ2v) is 5.10. The van der Waals surface area contributed by atoms with Gasteiger partial charge in [0.25, 0.3) is 5.91 Å². The predicted molar refractivity (Wildman–Crippen MR) is 72.0 cm³/mol. The molecule has 0 saturated carbocycles. The lowest BCUT2D eigenvalue weighted by atomic mass is 10.2. The highest BCUT2D eigenvalue weighted by Gasteiger charge is 2.10. The van der Waals surface area contributed by atoms with Gasteiger partial charge in [0.2, 0.25) is 0 Å². The molecule has 0 aliphatic heterocycles. The van der Waals surface area contributed by atoms with E-state index in [0.29, 0.717) is 6.54 Å². The Morgan fingerprint density at radius 3 is 2.83 bits per heavy atom. The minimum Gasteiger partial charge on any atom is -0.364 e. The molecule has 0 aliphatic rings. The zero-order valence-electron chi connectivity index (χ0n) is 10.2. The molecule has 0 atom stereocenters. The van der Waals surface area contributed by atoms with Gasteiger partial charge in [-0.25, -0.2) is 0 Å². The Balaban J connectivity index is 2.09. The second-order valence-electron chi connectivity index (χ2n) is 4.10. The Labute approximate surface area is 109 Å². The summed E-state index contributed by atoms with van der Waals surface area (Å²) in [4.78, 5) is 27.5. The number of carbonyl (C=O) groups is 1. The largest absolute Gasteiger partial charge is 0.364 e. The molecular formula is C13H14N2O2S. The van der Waals surface area contributed by atoms with Gasteiger partial charge in [-0.15, -0.1) is 11.3 Å². The molecule has 2 aromatic rings. The molecule has 0 saturated heterocycles. The van der Waals surface area contributed by atoms with Crippen LogP contribution in [0.15, 0.2) is 28.5 Å². The van der Waals surface area contributed by atoms with Crippen molar-refractivity contribution in [1.29, 1.82) is 0 Å². The number of amides is 1. The number of aromatic nitrogens is 1. The van der Waals surface area contributed by atoms with Crippen molar-refractivity contribution in [3.05, 3.63) is 55.6 Å². The SMILES string of the molecule is Cc1cc(=O)c(C(=O)NCc2sccc2C)c[nH]1. The number of carbonyl (C=O) groups excluding carboxylic acids is 1. The van der Waals surface area contributed by atoms with Crippen LogP contribution in [0, 0.1) is 13.8 Å². The summed E-state index contributed by atoms with van der Waals surface area (Å²) in [7, 11) is 0. The minimum absolute atomic E-state index is 0.148. The third-order valence-corrected chi connectivity index (χ3v) is 3.70. The van der Waals surface area contributed by atoms with Gasteiger partial charge in [-0.05, 0) is 30.9 Å². The maximum absolute atomic E-state index is 11.9. The van der Waals surface area contributed by atoms with Crippen LogP contribution in [0.3, 0.4) is 0 Å². The summed E-state index contributed by atoms with van der Waals surface area (Å²) in [6.45, 7) is 4.23. The van der Waals surface area contributed by atoms with Crippen molar-refractivity contribution in [2.24, 2.45) is 0 Å². The number of thiophene rings is 1.